The number of carbonyl (C=O) groups is 1. The Morgan fingerprint density at radius 3 is 2.76 bits per heavy atom. The number of guanidine groups is 1. The Bertz CT molecular complexity index is 793. The summed E-state index contributed by atoms with van der Waals surface area (Å²) in [6.45, 7) is 11.0. The van der Waals surface area contributed by atoms with Gasteiger partial charge in [0.15, 0.2) is 11.8 Å². The maximum Gasteiger partial charge on any atom is 0.410 e. The lowest BCUT2D eigenvalue weighted by molar-refractivity contribution is 0.0109. The minimum atomic E-state index is -0.497. The lowest BCUT2D eigenvalue weighted by Crippen LogP contribution is -2.49. The molecule has 1 saturated heterocycles. The normalized spacial score (nSPS) is 21.1. The molecule has 3 rings (SSSR count). The summed E-state index contributed by atoms with van der Waals surface area (Å²) in [6.07, 6.45) is 4.63. The first kappa shape index (κ1) is 27.6. The number of hydrogen-bond acceptors (Lipinski definition) is 6. The van der Waals surface area contributed by atoms with Crippen molar-refractivity contribution in [1.29, 1.82) is 0 Å². The molecule has 2 aliphatic rings. The molecule has 2 aliphatic heterocycles. The van der Waals surface area contributed by atoms with E-state index in [-0.39, 0.29) is 42.2 Å². The van der Waals surface area contributed by atoms with Crippen LogP contribution in [0.15, 0.2) is 4.99 Å². The number of nitrogens with one attached hydrogen (secondary N) is 2. The van der Waals surface area contributed by atoms with Crippen molar-refractivity contribution in [2.24, 2.45) is 4.99 Å². The smallest absolute Gasteiger partial charge is 0.410 e. The standard InChI is InChI=1S/C22H39N7O3.HI/c1-6-23-20(25-16-10-11-19-26-18(15-31-5)27-29(19)14-16)24-13-17-9-7-8-12-28(17)21(30)32-22(2,3)4;/h16-17H,6-15H2,1-5H3,(H2,23,24,25);1H. The van der Waals surface area contributed by atoms with E-state index in [0.29, 0.717) is 13.2 Å². The van der Waals surface area contributed by atoms with E-state index in [2.05, 4.69) is 27.6 Å². The Kier molecular flexibility index (Phi) is 10.6. The van der Waals surface area contributed by atoms with Crippen LogP contribution in [0.2, 0.25) is 0 Å². The summed E-state index contributed by atoms with van der Waals surface area (Å²) in [5, 5.41) is 11.4. The summed E-state index contributed by atoms with van der Waals surface area (Å²) in [5.41, 5.74) is -0.497. The van der Waals surface area contributed by atoms with Gasteiger partial charge in [0.05, 0.1) is 19.1 Å². The third-order valence-corrected chi connectivity index (χ3v) is 5.58. The molecular formula is C22H40IN7O3. The van der Waals surface area contributed by atoms with Gasteiger partial charge in [-0.25, -0.2) is 14.5 Å². The molecule has 0 bridgehead atoms. The molecule has 188 valence electrons. The molecule has 2 unspecified atom stereocenters. The van der Waals surface area contributed by atoms with Gasteiger partial charge >= 0.3 is 6.09 Å². The topological polar surface area (TPSA) is 106 Å². The van der Waals surface area contributed by atoms with E-state index in [0.717, 1.165) is 69.3 Å². The molecule has 33 heavy (non-hydrogen) atoms. The molecule has 3 heterocycles. The molecule has 0 spiro atoms. The molecule has 1 aromatic heterocycles. The summed E-state index contributed by atoms with van der Waals surface area (Å²) in [5.74, 6) is 2.50. The maximum atomic E-state index is 12.7. The van der Waals surface area contributed by atoms with Crippen molar-refractivity contribution in [3.8, 4) is 0 Å². The second-order valence-electron chi connectivity index (χ2n) is 9.48. The van der Waals surface area contributed by atoms with Gasteiger partial charge < -0.3 is 25.0 Å². The largest absolute Gasteiger partial charge is 0.444 e. The quantitative estimate of drug-likeness (QED) is 0.304. The average molecular weight is 578 g/mol. The van der Waals surface area contributed by atoms with Crippen molar-refractivity contribution >= 4 is 36.0 Å². The number of halogens is 1. The fourth-order valence-electron chi connectivity index (χ4n) is 4.13. The van der Waals surface area contributed by atoms with E-state index in [1.54, 1.807) is 7.11 Å². The molecule has 2 N–H and O–H groups in total. The molecule has 0 radical (unpaired) electrons. The number of ether oxygens (including phenoxy) is 2. The number of aromatic nitrogens is 3. The number of amides is 1. The van der Waals surface area contributed by atoms with Crippen molar-refractivity contribution in [1.82, 2.24) is 30.3 Å². The number of nitrogens with zero attached hydrogens (tertiary/aromatic N) is 5. The second kappa shape index (κ2) is 12.7. The zero-order valence-corrected chi connectivity index (χ0v) is 22.9. The third-order valence-electron chi connectivity index (χ3n) is 5.58. The van der Waals surface area contributed by atoms with Crippen molar-refractivity contribution < 1.29 is 14.3 Å². The van der Waals surface area contributed by atoms with Crippen LogP contribution in [-0.2, 0) is 29.0 Å². The predicted octanol–water partition coefficient (Wildman–Crippen LogP) is 2.70. The first-order valence-corrected chi connectivity index (χ1v) is 11.7. The van der Waals surface area contributed by atoms with Crippen LogP contribution >= 0.6 is 24.0 Å². The number of hydrogen-bond donors (Lipinski definition) is 2. The summed E-state index contributed by atoms with van der Waals surface area (Å²) in [6, 6.07) is 0.268. The molecule has 1 amide bonds. The first-order valence-electron chi connectivity index (χ1n) is 11.7. The molecule has 11 heteroatoms. The molecule has 10 nitrogen and oxygen atoms in total. The van der Waals surface area contributed by atoms with Crippen LogP contribution in [0.4, 0.5) is 4.79 Å². The van der Waals surface area contributed by atoms with Crippen LogP contribution in [0.3, 0.4) is 0 Å². The van der Waals surface area contributed by atoms with Crippen LogP contribution < -0.4 is 10.6 Å². The van der Waals surface area contributed by atoms with Crippen LogP contribution in [-0.4, -0.2) is 76.1 Å². The van der Waals surface area contributed by atoms with Gasteiger partial charge in [0, 0.05) is 32.7 Å². The third kappa shape index (κ3) is 8.27. The number of piperidine rings is 1. The zero-order valence-electron chi connectivity index (χ0n) is 20.6. The minimum absolute atomic E-state index is 0. The van der Waals surface area contributed by atoms with Gasteiger partial charge in [-0.2, -0.15) is 5.10 Å². The minimum Gasteiger partial charge on any atom is -0.444 e. The lowest BCUT2D eigenvalue weighted by Gasteiger charge is -2.36. The fraction of sp³-hybridized carbons (Fsp3) is 0.818. The van der Waals surface area contributed by atoms with Gasteiger partial charge in [0.25, 0.3) is 0 Å². The van der Waals surface area contributed by atoms with Crippen LogP contribution in [0, 0.1) is 0 Å². The number of likely N-dealkylation sites (tertiary alicyclic amines) is 1. The maximum absolute atomic E-state index is 12.7. The summed E-state index contributed by atoms with van der Waals surface area (Å²) < 4.78 is 12.7. The van der Waals surface area contributed by atoms with Gasteiger partial charge in [-0.15, -0.1) is 24.0 Å². The highest BCUT2D eigenvalue weighted by Gasteiger charge is 2.30. The lowest BCUT2D eigenvalue weighted by atomic mass is 10.0. The van der Waals surface area contributed by atoms with Crippen molar-refractivity contribution in [2.75, 3.05) is 26.7 Å². The summed E-state index contributed by atoms with van der Waals surface area (Å²) >= 11 is 0. The number of aliphatic imine (C=N–C) groups is 1. The first-order chi connectivity index (χ1) is 15.3. The predicted molar refractivity (Wildman–Crippen MR) is 138 cm³/mol. The van der Waals surface area contributed by atoms with E-state index in [1.807, 2.05) is 30.4 Å². The van der Waals surface area contributed by atoms with Crippen LogP contribution in [0.5, 0.6) is 0 Å². The Hall–Kier alpha value is -1.63. The van der Waals surface area contributed by atoms with Gasteiger partial charge in [-0.3, -0.25) is 4.99 Å². The van der Waals surface area contributed by atoms with E-state index >= 15 is 0 Å². The Morgan fingerprint density at radius 2 is 2.06 bits per heavy atom. The van der Waals surface area contributed by atoms with Crippen LogP contribution in [0.1, 0.15) is 65.0 Å². The number of carbonyl (C=O) groups excluding carboxylic acids is 1. The molecule has 0 aliphatic carbocycles. The van der Waals surface area contributed by atoms with Gasteiger partial charge in [0.2, 0.25) is 0 Å². The van der Waals surface area contributed by atoms with Gasteiger partial charge in [-0.1, -0.05) is 0 Å². The van der Waals surface area contributed by atoms with Crippen molar-refractivity contribution in [2.45, 2.75) is 90.6 Å². The molecule has 0 saturated carbocycles. The Balaban J connectivity index is 0.00000385. The SMILES string of the molecule is CCNC(=NCC1CCCCN1C(=O)OC(C)(C)C)NC1CCc2nc(COC)nn2C1.I. The van der Waals surface area contributed by atoms with Crippen molar-refractivity contribution in [3.05, 3.63) is 11.6 Å². The highest BCUT2D eigenvalue weighted by Crippen LogP contribution is 2.21. The molecular weight excluding hydrogens is 537 g/mol. The Morgan fingerprint density at radius 1 is 1.27 bits per heavy atom. The summed E-state index contributed by atoms with van der Waals surface area (Å²) in [4.78, 5) is 23.9. The number of methoxy groups -OCH3 is 1. The summed E-state index contributed by atoms with van der Waals surface area (Å²) in [7, 11) is 1.65. The Labute approximate surface area is 214 Å². The van der Waals surface area contributed by atoms with E-state index in [4.69, 9.17) is 14.5 Å². The van der Waals surface area contributed by atoms with Gasteiger partial charge in [0.1, 0.15) is 18.0 Å². The number of fused-ring (bicyclic) bond motifs is 1. The van der Waals surface area contributed by atoms with E-state index < -0.39 is 5.60 Å². The zero-order chi connectivity index (χ0) is 23.1. The highest BCUT2D eigenvalue weighted by molar-refractivity contribution is 14.0. The molecule has 1 fully saturated rings. The number of rotatable bonds is 6. The second-order valence-corrected chi connectivity index (χ2v) is 9.48. The van der Waals surface area contributed by atoms with Crippen LogP contribution in [0.25, 0.3) is 0 Å². The molecule has 1 aromatic rings. The highest BCUT2D eigenvalue weighted by atomic mass is 127. The fourth-order valence-corrected chi connectivity index (χ4v) is 4.13. The average Bonchev–Trinajstić information content (AvgIpc) is 3.13. The monoisotopic (exact) mass is 577 g/mol. The van der Waals surface area contributed by atoms with E-state index in [9.17, 15) is 4.79 Å². The number of aryl methyl sites for hydroxylation is 1. The molecule has 2 atom stereocenters. The molecule has 0 aromatic carbocycles. The van der Waals surface area contributed by atoms with Crippen molar-refractivity contribution in [3.63, 3.8) is 0 Å². The van der Waals surface area contributed by atoms with E-state index in [1.165, 1.54) is 0 Å². The van der Waals surface area contributed by atoms with Gasteiger partial charge in [-0.05, 0) is 53.4 Å².